The number of benzene rings is 2. The Balaban J connectivity index is 2.09. The number of methoxy groups -OCH3 is 4. The monoisotopic (exact) mass is 453 g/mol. The summed E-state index contributed by atoms with van der Waals surface area (Å²) < 4.78 is 50.5. The third-order valence-corrected chi connectivity index (χ3v) is 8.51. The molecule has 3 rings (SSSR count). The van der Waals surface area contributed by atoms with Gasteiger partial charge < -0.3 is 18.9 Å². The van der Waals surface area contributed by atoms with Crippen molar-refractivity contribution in [2.24, 2.45) is 0 Å². The average Bonchev–Trinajstić information content (AvgIpc) is 3.24. The zero-order chi connectivity index (χ0) is 22.1. The fourth-order valence-electron chi connectivity index (χ4n) is 3.58. The Kier molecular flexibility index (Phi) is 6.74. The van der Waals surface area contributed by atoms with E-state index in [1.807, 2.05) is 6.92 Å². The van der Waals surface area contributed by atoms with Gasteiger partial charge in [-0.3, -0.25) is 0 Å². The Morgan fingerprint density at radius 3 is 2.03 bits per heavy atom. The number of sulfonamides is 1. The van der Waals surface area contributed by atoms with Crippen LogP contribution in [0.1, 0.15) is 22.1 Å². The van der Waals surface area contributed by atoms with E-state index in [2.05, 4.69) is 0 Å². The zero-order valence-electron chi connectivity index (χ0n) is 18.0. The fraction of sp³-hybridized carbons (Fsp3) is 0.429. The fourth-order valence-corrected chi connectivity index (χ4v) is 7.12. The highest BCUT2D eigenvalue weighted by molar-refractivity contribution is 8.01. The van der Waals surface area contributed by atoms with E-state index in [4.69, 9.17) is 18.9 Å². The number of hydrogen-bond donors (Lipinski definition) is 0. The predicted molar refractivity (Wildman–Crippen MR) is 118 cm³/mol. The summed E-state index contributed by atoms with van der Waals surface area (Å²) in [5.74, 6) is 2.94. The van der Waals surface area contributed by atoms with Crippen LogP contribution >= 0.6 is 11.8 Å². The topological polar surface area (TPSA) is 74.3 Å². The molecule has 0 saturated carbocycles. The summed E-state index contributed by atoms with van der Waals surface area (Å²) in [6, 6.07) is 6.95. The van der Waals surface area contributed by atoms with E-state index in [1.165, 1.54) is 4.31 Å². The summed E-state index contributed by atoms with van der Waals surface area (Å²) in [5.41, 5.74) is 2.14. The molecule has 0 N–H and O–H groups in total. The highest BCUT2D eigenvalue weighted by Gasteiger charge is 2.39. The molecule has 1 aliphatic heterocycles. The maximum Gasteiger partial charge on any atom is 0.244 e. The third kappa shape index (κ3) is 3.93. The average molecular weight is 454 g/mol. The van der Waals surface area contributed by atoms with Gasteiger partial charge in [-0.25, -0.2) is 8.42 Å². The second-order valence-electron chi connectivity index (χ2n) is 6.88. The number of ether oxygens (including phenoxy) is 4. The molecule has 1 aliphatic rings. The van der Waals surface area contributed by atoms with E-state index >= 15 is 0 Å². The van der Waals surface area contributed by atoms with Crippen molar-refractivity contribution in [2.45, 2.75) is 24.1 Å². The second-order valence-corrected chi connectivity index (χ2v) is 9.92. The SMILES string of the molecule is COc1cc(C)c(S(=O)(=O)N2CCSC2c2cc(OC)c(OC)cc2OC)cc1C. The summed E-state index contributed by atoms with van der Waals surface area (Å²) in [6.45, 7) is 4.02. The molecule has 1 fully saturated rings. The summed E-state index contributed by atoms with van der Waals surface area (Å²) >= 11 is 1.55. The maximum absolute atomic E-state index is 13.6. The molecule has 0 aliphatic carbocycles. The van der Waals surface area contributed by atoms with Crippen LogP contribution < -0.4 is 18.9 Å². The van der Waals surface area contributed by atoms with Gasteiger partial charge in [0.15, 0.2) is 11.5 Å². The normalized spacial score (nSPS) is 17.1. The van der Waals surface area contributed by atoms with Gasteiger partial charge in [0.25, 0.3) is 0 Å². The molecule has 0 amide bonds. The van der Waals surface area contributed by atoms with E-state index in [-0.39, 0.29) is 4.90 Å². The summed E-state index contributed by atoms with van der Waals surface area (Å²) in [4.78, 5) is 0.285. The van der Waals surface area contributed by atoms with Crippen LogP contribution in [0.5, 0.6) is 23.0 Å². The van der Waals surface area contributed by atoms with E-state index in [0.717, 1.165) is 11.1 Å². The van der Waals surface area contributed by atoms with Crippen molar-refractivity contribution in [1.82, 2.24) is 4.31 Å². The Morgan fingerprint density at radius 2 is 1.43 bits per heavy atom. The standard InChI is InChI=1S/C21H27NO6S2/c1-13-10-20(14(2)9-16(13)25-3)30(23,24)22-7-8-29-21(22)15-11-18(27-5)19(28-6)12-17(15)26-4/h9-12,21H,7-8H2,1-6H3. The van der Waals surface area contributed by atoms with E-state index in [9.17, 15) is 8.42 Å². The highest BCUT2D eigenvalue weighted by Crippen LogP contribution is 2.48. The minimum absolute atomic E-state index is 0.285. The van der Waals surface area contributed by atoms with Crippen LogP contribution in [0.25, 0.3) is 0 Å². The smallest absolute Gasteiger partial charge is 0.244 e. The Morgan fingerprint density at radius 1 is 0.833 bits per heavy atom. The Labute approximate surface area is 182 Å². The van der Waals surface area contributed by atoms with Crippen molar-refractivity contribution >= 4 is 21.8 Å². The maximum atomic E-state index is 13.6. The molecular formula is C21H27NO6S2. The zero-order valence-corrected chi connectivity index (χ0v) is 19.6. The summed E-state index contributed by atoms with van der Waals surface area (Å²) in [7, 11) is 2.48. The lowest BCUT2D eigenvalue weighted by Gasteiger charge is -2.26. The summed E-state index contributed by atoms with van der Waals surface area (Å²) in [5, 5.41) is -0.438. The molecule has 2 aromatic rings. The van der Waals surface area contributed by atoms with E-state index in [0.29, 0.717) is 40.9 Å². The molecule has 1 atom stereocenters. The van der Waals surface area contributed by atoms with Gasteiger partial charge in [0.1, 0.15) is 11.5 Å². The second kappa shape index (κ2) is 8.95. The first-order valence-corrected chi connectivity index (χ1v) is 11.9. The molecule has 7 nitrogen and oxygen atoms in total. The van der Waals surface area contributed by atoms with E-state index in [1.54, 1.807) is 71.4 Å². The van der Waals surface area contributed by atoms with Crippen LogP contribution in [0.3, 0.4) is 0 Å². The van der Waals surface area contributed by atoms with Crippen molar-refractivity contribution in [2.75, 3.05) is 40.7 Å². The lowest BCUT2D eigenvalue weighted by Crippen LogP contribution is -2.31. The Hall–Kier alpha value is -2.10. The van der Waals surface area contributed by atoms with Crippen molar-refractivity contribution in [3.8, 4) is 23.0 Å². The Bertz CT molecular complexity index is 1040. The first kappa shape index (κ1) is 22.6. The van der Waals surface area contributed by atoms with Crippen LogP contribution in [0.4, 0.5) is 0 Å². The van der Waals surface area contributed by atoms with Gasteiger partial charge in [0.05, 0.1) is 38.7 Å². The van der Waals surface area contributed by atoms with Gasteiger partial charge in [-0.2, -0.15) is 4.31 Å². The highest BCUT2D eigenvalue weighted by atomic mass is 32.2. The molecule has 9 heteroatoms. The number of hydrogen-bond acceptors (Lipinski definition) is 7. The quantitative estimate of drug-likeness (QED) is 0.632. The van der Waals surface area contributed by atoms with Gasteiger partial charge in [0.2, 0.25) is 10.0 Å². The molecule has 2 aromatic carbocycles. The molecule has 0 spiro atoms. The number of thioether (sulfide) groups is 1. The number of nitrogens with zero attached hydrogens (tertiary/aromatic N) is 1. The van der Waals surface area contributed by atoms with Crippen LogP contribution in [0, 0.1) is 13.8 Å². The van der Waals surface area contributed by atoms with Gasteiger partial charge >= 0.3 is 0 Å². The van der Waals surface area contributed by atoms with Crippen LogP contribution in [-0.2, 0) is 10.0 Å². The van der Waals surface area contributed by atoms with Gasteiger partial charge in [-0.15, -0.1) is 11.8 Å². The molecule has 1 saturated heterocycles. The first-order chi connectivity index (χ1) is 14.3. The summed E-state index contributed by atoms with van der Waals surface area (Å²) in [6.07, 6.45) is 0. The minimum atomic E-state index is -3.75. The molecular weight excluding hydrogens is 426 g/mol. The van der Waals surface area contributed by atoms with Crippen molar-refractivity contribution in [3.63, 3.8) is 0 Å². The van der Waals surface area contributed by atoms with E-state index < -0.39 is 15.4 Å². The minimum Gasteiger partial charge on any atom is -0.496 e. The van der Waals surface area contributed by atoms with Crippen molar-refractivity contribution < 1.29 is 27.4 Å². The van der Waals surface area contributed by atoms with Crippen LogP contribution in [-0.4, -0.2) is 53.5 Å². The predicted octanol–water partition coefficient (Wildman–Crippen LogP) is 3.77. The molecule has 1 heterocycles. The molecule has 164 valence electrons. The van der Waals surface area contributed by atoms with Crippen molar-refractivity contribution in [3.05, 3.63) is 41.0 Å². The first-order valence-electron chi connectivity index (χ1n) is 9.37. The van der Waals surface area contributed by atoms with Crippen LogP contribution in [0.15, 0.2) is 29.2 Å². The van der Waals surface area contributed by atoms with Crippen molar-refractivity contribution in [1.29, 1.82) is 0 Å². The molecule has 0 radical (unpaired) electrons. The number of rotatable bonds is 7. The third-order valence-electron chi connectivity index (χ3n) is 5.13. The van der Waals surface area contributed by atoms with Gasteiger partial charge in [-0.05, 0) is 43.2 Å². The lowest BCUT2D eigenvalue weighted by atomic mass is 10.1. The number of aryl methyl sites for hydroxylation is 2. The lowest BCUT2D eigenvalue weighted by molar-refractivity contribution is 0.344. The molecule has 30 heavy (non-hydrogen) atoms. The van der Waals surface area contributed by atoms with Gasteiger partial charge in [-0.1, -0.05) is 0 Å². The van der Waals surface area contributed by atoms with Crippen LogP contribution in [0.2, 0.25) is 0 Å². The molecule has 0 bridgehead atoms. The van der Waals surface area contributed by atoms with Gasteiger partial charge in [0, 0.05) is 23.9 Å². The molecule has 1 unspecified atom stereocenters. The molecule has 0 aromatic heterocycles. The largest absolute Gasteiger partial charge is 0.496 e.